The van der Waals surface area contributed by atoms with Gasteiger partial charge in [0.05, 0.1) is 0 Å². The second-order valence-corrected chi connectivity index (χ2v) is 8.99. The topological polar surface area (TPSA) is 92.8 Å². The third-order valence-corrected chi connectivity index (χ3v) is 5.42. The van der Waals surface area contributed by atoms with Crippen LogP contribution in [0.2, 0.25) is 0 Å². The van der Waals surface area contributed by atoms with Gasteiger partial charge in [-0.25, -0.2) is 4.98 Å². The van der Waals surface area contributed by atoms with Gasteiger partial charge in [-0.2, -0.15) is 0 Å². The maximum atomic E-state index is 12.4. The van der Waals surface area contributed by atoms with Crippen molar-refractivity contribution in [3.63, 3.8) is 0 Å². The van der Waals surface area contributed by atoms with Crippen LogP contribution in [0.15, 0.2) is 47.8 Å². The highest BCUT2D eigenvalue weighted by atomic mass is 16.6. The number of pyridine rings is 1. The number of carbonyl (C=O) groups is 1. The van der Waals surface area contributed by atoms with E-state index in [2.05, 4.69) is 41.1 Å². The first kappa shape index (κ1) is 22.6. The molecule has 1 aromatic heterocycles. The molecular formula is C24H33N5O2. The number of nitrogens with one attached hydrogen (secondary N) is 1. The van der Waals surface area contributed by atoms with Crippen molar-refractivity contribution in [2.24, 2.45) is 10.9 Å². The van der Waals surface area contributed by atoms with Crippen LogP contribution < -0.4 is 16.0 Å². The molecule has 0 aliphatic carbocycles. The summed E-state index contributed by atoms with van der Waals surface area (Å²) in [5.41, 5.74) is 8.65. The number of aromatic nitrogens is 1. The molecule has 1 fully saturated rings. The van der Waals surface area contributed by atoms with Crippen molar-refractivity contribution in [3.05, 3.63) is 53.7 Å². The Balaban J connectivity index is 1.54. The summed E-state index contributed by atoms with van der Waals surface area (Å²) in [7, 11) is 0. The van der Waals surface area contributed by atoms with E-state index in [4.69, 9.17) is 10.6 Å². The predicted octanol–water partition coefficient (Wildman–Crippen LogP) is 4.03. The minimum absolute atomic E-state index is 0.0615. The van der Waals surface area contributed by atoms with Gasteiger partial charge in [-0.15, -0.1) is 0 Å². The van der Waals surface area contributed by atoms with Crippen molar-refractivity contribution in [2.75, 3.05) is 23.3 Å². The molecule has 0 radical (unpaired) electrons. The highest BCUT2D eigenvalue weighted by Gasteiger charge is 2.17. The zero-order valence-corrected chi connectivity index (χ0v) is 18.9. The molecule has 1 aromatic carbocycles. The Morgan fingerprint density at radius 1 is 1.13 bits per heavy atom. The number of piperidine rings is 1. The molecule has 1 amide bonds. The fourth-order valence-electron chi connectivity index (χ4n) is 3.38. The van der Waals surface area contributed by atoms with E-state index < -0.39 is 6.10 Å². The van der Waals surface area contributed by atoms with Crippen LogP contribution in [0.4, 0.5) is 11.5 Å². The molecule has 0 saturated carbocycles. The number of benzene rings is 1. The quantitative estimate of drug-likeness (QED) is 0.416. The maximum Gasteiger partial charge on any atom is 0.267 e. The number of anilines is 2. The molecule has 2 heterocycles. The van der Waals surface area contributed by atoms with Crippen LogP contribution in [0.3, 0.4) is 0 Å². The van der Waals surface area contributed by atoms with Crippen molar-refractivity contribution in [1.29, 1.82) is 0 Å². The zero-order chi connectivity index (χ0) is 22.4. The summed E-state index contributed by atoms with van der Waals surface area (Å²) >= 11 is 0. The van der Waals surface area contributed by atoms with Crippen molar-refractivity contribution >= 4 is 23.2 Å². The Morgan fingerprint density at radius 2 is 1.81 bits per heavy atom. The second-order valence-electron chi connectivity index (χ2n) is 8.99. The average Bonchev–Trinajstić information content (AvgIpc) is 2.77. The Hall–Kier alpha value is -3.09. The molecule has 1 aliphatic heterocycles. The monoisotopic (exact) mass is 423 g/mol. The molecule has 166 valence electrons. The first-order valence-corrected chi connectivity index (χ1v) is 10.9. The molecule has 31 heavy (non-hydrogen) atoms. The standard InChI is InChI=1S/C24H33N5O2/c1-17(23(30)27-20-11-9-19(10-12-20)24(2,3)4)31-28-22(25)18-8-13-21(26-16-18)29-14-6-5-7-15-29/h8-13,16-17H,5-7,14-15H2,1-4H3,(H2,25,28)(H,27,30). The van der Waals surface area contributed by atoms with E-state index >= 15 is 0 Å². The van der Waals surface area contributed by atoms with Gasteiger partial charge in [0.2, 0.25) is 6.10 Å². The molecule has 3 rings (SSSR count). The van der Waals surface area contributed by atoms with Crippen LogP contribution in [-0.2, 0) is 15.0 Å². The fourth-order valence-corrected chi connectivity index (χ4v) is 3.38. The molecule has 2 aromatic rings. The average molecular weight is 424 g/mol. The number of hydrogen-bond acceptors (Lipinski definition) is 5. The minimum atomic E-state index is -0.790. The van der Waals surface area contributed by atoms with E-state index in [9.17, 15) is 4.79 Å². The molecule has 1 aliphatic rings. The maximum absolute atomic E-state index is 12.4. The number of oxime groups is 1. The van der Waals surface area contributed by atoms with Gasteiger partial charge in [0.15, 0.2) is 5.84 Å². The highest BCUT2D eigenvalue weighted by Crippen LogP contribution is 2.23. The van der Waals surface area contributed by atoms with Gasteiger partial charge in [-0.05, 0) is 61.4 Å². The van der Waals surface area contributed by atoms with Crippen LogP contribution in [0.5, 0.6) is 0 Å². The highest BCUT2D eigenvalue weighted by molar-refractivity contribution is 5.97. The number of nitrogens with two attached hydrogens (primary N) is 1. The molecule has 1 saturated heterocycles. The number of rotatable bonds is 6. The third-order valence-electron chi connectivity index (χ3n) is 5.42. The molecule has 7 heteroatoms. The Labute approximate surface area is 184 Å². The predicted molar refractivity (Wildman–Crippen MR) is 125 cm³/mol. The lowest BCUT2D eigenvalue weighted by Crippen LogP contribution is -2.30. The minimum Gasteiger partial charge on any atom is -0.381 e. The van der Waals surface area contributed by atoms with E-state index in [0.29, 0.717) is 11.3 Å². The van der Waals surface area contributed by atoms with Crippen molar-refractivity contribution in [2.45, 2.75) is 58.5 Å². The molecule has 0 spiro atoms. The summed E-state index contributed by atoms with van der Waals surface area (Å²) in [6.45, 7) is 10.1. The normalized spacial score (nSPS) is 16.0. The summed E-state index contributed by atoms with van der Waals surface area (Å²) < 4.78 is 0. The number of nitrogens with zero attached hydrogens (tertiary/aromatic N) is 3. The molecule has 7 nitrogen and oxygen atoms in total. The van der Waals surface area contributed by atoms with Crippen molar-refractivity contribution < 1.29 is 9.63 Å². The summed E-state index contributed by atoms with van der Waals surface area (Å²) in [6, 6.07) is 11.6. The summed E-state index contributed by atoms with van der Waals surface area (Å²) in [5, 5.41) is 6.76. The first-order chi connectivity index (χ1) is 14.7. The van der Waals surface area contributed by atoms with E-state index in [1.165, 1.54) is 24.8 Å². The fraction of sp³-hybridized carbons (Fsp3) is 0.458. The Bertz CT molecular complexity index is 895. The van der Waals surface area contributed by atoms with Gasteiger partial charge in [-0.3, -0.25) is 4.79 Å². The van der Waals surface area contributed by atoms with Crippen molar-refractivity contribution in [3.8, 4) is 0 Å². The van der Waals surface area contributed by atoms with Crippen LogP contribution in [0, 0.1) is 0 Å². The van der Waals surface area contributed by atoms with Crippen LogP contribution in [-0.4, -0.2) is 35.9 Å². The lowest BCUT2D eigenvalue weighted by atomic mass is 9.87. The Morgan fingerprint density at radius 3 is 2.39 bits per heavy atom. The summed E-state index contributed by atoms with van der Waals surface area (Å²) in [4.78, 5) is 24.5. The van der Waals surface area contributed by atoms with Crippen LogP contribution in [0.1, 0.15) is 58.1 Å². The molecule has 3 N–H and O–H groups in total. The van der Waals surface area contributed by atoms with Crippen LogP contribution in [0.25, 0.3) is 0 Å². The largest absolute Gasteiger partial charge is 0.381 e. The van der Waals surface area contributed by atoms with E-state index in [0.717, 1.165) is 18.9 Å². The zero-order valence-electron chi connectivity index (χ0n) is 18.9. The van der Waals surface area contributed by atoms with Gasteiger partial charge < -0.3 is 20.8 Å². The van der Waals surface area contributed by atoms with E-state index in [1.54, 1.807) is 13.1 Å². The third kappa shape index (κ3) is 6.20. The van der Waals surface area contributed by atoms with Gasteiger partial charge >= 0.3 is 0 Å². The molecule has 1 atom stereocenters. The Kier molecular flexibility index (Phi) is 7.15. The lowest BCUT2D eigenvalue weighted by molar-refractivity contribution is -0.126. The van der Waals surface area contributed by atoms with Crippen molar-refractivity contribution in [1.82, 2.24) is 4.98 Å². The van der Waals surface area contributed by atoms with Gasteiger partial charge in [0, 0.05) is 30.5 Å². The summed E-state index contributed by atoms with van der Waals surface area (Å²) in [5.74, 6) is 0.841. The number of carbonyl (C=O) groups excluding carboxylic acids is 1. The van der Waals surface area contributed by atoms with Crippen LogP contribution >= 0.6 is 0 Å². The van der Waals surface area contributed by atoms with Gasteiger partial charge in [0.25, 0.3) is 5.91 Å². The van der Waals surface area contributed by atoms with Gasteiger partial charge in [-0.1, -0.05) is 38.1 Å². The number of hydrogen-bond donors (Lipinski definition) is 2. The van der Waals surface area contributed by atoms with Gasteiger partial charge in [0.1, 0.15) is 5.82 Å². The van der Waals surface area contributed by atoms with E-state index in [-0.39, 0.29) is 17.2 Å². The number of amidine groups is 1. The second kappa shape index (κ2) is 9.81. The number of amides is 1. The smallest absolute Gasteiger partial charge is 0.267 e. The first-order valence-electron chi connectivity index (χ1n) is 10.9. The molecule has 0 bridgehead atoms. The SMILES string of the molecule is CC(ON=C(N)c1ccc(N2CCCCC2)nc1)C(=O)Nc1ccc(C(C)(C)C)cc1. The summed E-state index contributed by atoms with van der Waals surface area (Å²) in [6.07, 6.45) is 4.57. The molecular weight excluding hydrogens is 390 g/mol. The molecule has 1 unspecified atom stereocenters. The van der Waals surface area contributed by atoms with E-state index in [1.807, 2.05) is 36.4 Å². The lowest BCUT2D eigenvalue weighted by Gasteiger charge is -2.27.